The third kappa shape index (κ3) is 5.05. The lowest BCUT2D eigenvalue weighted by molar-refractivity contribution is -0.156. The minimum Gasteiger partial charge on any atom is -0.451 e. The molecular weight excluding hydrogens is 354 g/mol. The molecule has 26 heavy (non-hydrogen) atoms. The fourth-order valence-electron chi connectivity index (χ4n) is 2.82. The maximum absolute atomic E-state index is 12.3. The Balaban J connectivity index is 1.86. The van der Waals surface area contributed by atoms with Crippen molar-refractivity contribution in [1.82, 2.24) is 10.6 Å². The zero-order valence-electron chi connectivity index (χ0n) is 14.9. The van der Waals surface area contributed by atoms with Crippen molar-refractivity contribution in [2.24, 2.45) is 0 Å². The summed E-state index contributed by atoms with van der Waals surface area (Å²) in [5.74, 6) is -1.57. The molecule has 0 radical (unpaired) electrons. The van der Waals surface area contributed by atoms with Crippen LogP contribution in [0.15, 0.2) is 17.5 Å². The molecule has 0 bridgehead atoms. The van der Waals surface area contributed by atoms with Gasteiger partial charge in [0.1, 0.15) is 11.6 Å². The monoisotopic (exact) mass is 377 g/mol. The predicted molar refractivity (Wildman–Crippen MR) is 96.4 cm³/mol. The number of ether oxygens (including phenoxy) is 1. The van der Waals surface area contributed by atoms with Crippen LogP contribution in [0, 0.1) is 11.3 Å². The van der Waals surface area contributed by atoms with Crippen LogP contribution in [0.4, 0.5) is 0 Å². The third-order valence-electron chi connectivity index (χ3n) is 4.39. The van der Waals surface area contributed by atoms with E-state index in [1.54, 1.807) is 17.5 Å². The molecule has 0 spiro atoms. The van der Waals surface area contributed by atoms with Crippen LogP contribution in [-0.2, 0) is 14.3 Å². The van der Waals surface area contributed by atoms with Gasteiger partial charge >= 0.3 is 5.97 Å². The first kappa shape index (κ1) is 19.9. The fraction of sp³-hybridized carbons (Fsp3) is 0.556. The average molecular weight is 377 g/mol. The van der Waals surface area contributed by atoms with E-state index in [1.807, 2.05) is 0 Å². The van der Waals surface area contributed by atoms with Crippen molar-refractivity contribution < 1.29 is 19.1 Å². The van der Waals surface area contributed by atoms with E-state index >= 15 is 0 Å². The minimum atomic E-state index is -1.05. The Bertz CT molecular complexity index is 690. The quantitative estimate of drug-likeness (QED) is 0.739. The molecule has 0 aromatic carbocycles. The Morgan fingerprint density at radius 3 is 2.54 bits per heavy atom. The molecule has 2 rings (SSSR count). The van der Waals surface area contributed by atoms with E-state index in [2.05, 4.69) is 16.7 Å². The maximum atomic E-state index is 12.3. The Labute approximate surface area is 156 Å². The summed E-state index contributed by atoms with van der Waals surface area (Å²) in [6.07, 6.45) is 2.97. The van der Waals surface area contributed by atoms with Crippen LogP contribution in [0.1, 0.15) is 55.6 Å². The molecule has 0 aliphatic heterocycles. The van der Waals surface area contributed by atoms with Gasteiger partial charge in [0, 0.05) is 0 Å². The van der Waals surface area contributed by atoms with Gasteiger partial charge in [-0.05, 0) is 38.1 Å². The van der Waals surface area contributed by atoms with Gasteiger partial charge < -0.3 is 15.4 Å². The number of esters is 1. The summed E-state index contributed by atoms with van der Waals surface area (Å²) in [6.45, 7) is 2.95. The van der Waals surface area contributed by atoms with Crippen molar-refractivity contribution in [2.75, 3.05) is 0 Å². The minimum absolute atomic E-state index is 0.368. The van der Waals surface area contributed by atoms with Crippen molar-refractivity contribution in [3.8, 4) is 6.07 Å². The normalized spacial score (nSPS) is 18.0. The van der Waals surface area contributed by atoms with Crippen molar-refractivity contribution in [3.05, 3.63) is 22.4 Å². The van der Waals surface area contributed by atoms with E-state index in [9.17, 15) is 19.6 Å². The number of nitriles is 1. The van der Waals surface area contributed by atoms with E-state index in [0.29, 0.717) is 17.7 Å². The highest BCUT2D eigenvalue weighted by atomic mass is 32.1. The number of hydrogen-bond acceptors (Lipinski definition) is 6. The van der Waals surface area contributed by atoms with Gasteiger partial charge in [0.25, 0.3) is 11.8 Å². The first-order valence-corrected chi connectivity index (χ1v) is 9.53. The van der Waals surface area contributed by atoms with Gasteiger partial charge in [-0.2, -0.15) is 5.26 Å². The second-order valence-corrected chi connectivity index (χ2v) is 7.44. The lowest BCUT2D eigenvalue weighted by Crippen LogP contribution is -2.52. The van der Waals surface area contributed by atoms with Crippen LogP contribution >= 0.6 is 11.3 Å². The van der Waals surface area contributed by atoms with Crippen LogP contribution in [0.5, 0.6) is 0 Å². The second kappa shape index (κ2) is 8.81. The Hall–Kier alpha value is -2.40. The topological polar surface area (TPSA) is 108 Å². The standard InChI is InChI=1S/C18H23N3O4S/c1-12(20-16(23)14-7-6-10-26-14)17(24)25-13(2)15(22)21-18(11-19)8-4-3-5-9-18/h6-7,10,12-13H,3-5,8-9H2,1-2H3,(H,20,23)(H,21,22). The molecule has 1 aromatic heterocycles. The first-order valence-electron chi connectivity index (χ1n) is 8.65. The SMILES string of the molecule is CC(NC(=O)c1cccs1)C(=O)OC(C)C(=O)NC1(C#N)CCCCC1. The Morgan fingerprint density at radius 2 is 1.96 bits per heavy atom. The second-order valence-electron chi connectivity index (χ2n) is 6.50. The van der Waals surface area contributed by atoms with E-state index in [1.165, 1.54) is 25.2 Å². The molecule has 140 valence electrons. The van der Waals surface area contributed by atoms with E-state index in [4.69, 9.17) is 4.74 Å². The van der Waals surface area contributed by atoms with Crippen LogP contribution in [0.2, 0.25) is 0 Å². The molecule has 2 unspecified atom stereocenters. The summed E-state index contributed by atoms with van der Waals surface area (Å²) < 4.78 is 5.15. The summed E-state index contributed by atoms with van der Waals surface area (Å²) in [5.41, 5.74) is -0.880. The molecule has 1 saturated carbocycles. The number of carbonyl (C=O) groups is 3. The van der Waals surface area contributed by atoms with Gasteiger partial charge in [0.2, 0.25) is 0 Å². The highest BCUT2D eigenvalue weighted by Gasteiger charge is 2.35. The Kier molecular flexibility index (Phi) is 6.75. The van der Waals surface area contributed by atoms with Crippen molar-refractivity contribution >= 4 is 29.1 Å². The van der Waals surface area contributed by atoms with Crippen molar-refractivity contribution in [1.29, 1.82) is 5.26 Å². The zero-order valence-corrected chi connectivity index (χ0v) is 15.7. The first-order chi connectivity index (χ1) is 12.4. The molecule has 1 aliphatic rings. The van der Waals surface area contributed by atoms with Gasteiger partial charge in [0.15, 0.2) is 6.10 Å². The molecular formula is C18H23N3O4S. The number of carbonyl (C=O) groups excluding carboxylic acids is 3. The highest BCUT2D eigenvalue weighted by Crippen LogP contribution is 2.27. The average Bonchev–Trinajstić information content (AvgIpc) is 3.17. The molecule has 0 saturated heterocycles. The lowest BCUT2D eigenvalue weighted by atomic mass is 9.83. The molecule has 1 aliphatic carbocycles. The van der Waals surface area contributed by atoms with Gasteiger partial charge in [0.05, 0.1) is 10.9 Å². The van der Waals surface area contributed by atoms with Crippen LogP contribution in [-0.4, -0.2) is 35.5 Å². The number of nitrogens with one attached hydrogen (secondary N) is 2. The molecule has 2 N–H and O–H groups in total. The number of rotatable bonds is 6. The largest absolute Gasteiger partial charge is 0.451 e. The number of hydrogen-bond donors (Lipinski definition) is 2. The summed E-state index contributed by atoms with van der Waals surface area (Å²) in [5, 5.41) is 16.4. The van der Waals surface area contributed by atoms with Crippen molar-refractivity contribution in [2.45, 2.75) is 63.6 Å². The number of nitrogens with zero attached hydrogens (tertiary/aromatic N) is 1. The zero-order chi connectivity index (χ0) is 19.2. The highest BCUT2D eigenvalue weighted by molar-refractivity contribution is 7.12. The van der Waals surface area contributed by atoms with E-state index < -0.39 is 29.6 Å². The molecule has 1 heterocycles. The summed E-state index contributed by atoms with van der Waals surface area (Å²) in [4.78, 5) is 36.9. The molecule has 1 fully saturated rings. The van der Waals surface area contributed by atoms with E-state index in [-0.39, 0.29) is 5.91 Å². The predicted octanol–water partition coefficient (Wildman–Crippen LogP) is 2.14. The summed E-state index contributed by atoms with van der Waals surface area (Å²) in [7, 11) is 0. The van der Waals surface area contributed by atoms with Crippen LogP contribution in [0.25, 0.3) is 0 Å². The molecule has 8 heteroatoms. The number of amides is 2. The van der Waals surface area contributed by atoms with Gasteiger partial charge in [-0.25, -0.2) is 4.79 Å². The van der Waals surface area contributed by atoms with Gasteiger partial charge in [-0.1, -0.05) is 25.3 Å². The van der Waals surface area contributed by atoms with Gasteiger partial charge in [-0.15, -0.1) is 11.3 Å². The third-order valence-corrected chi connectivity index (χ3v) is 5.26. The number of thiophene rings is 1. The maximum Gasteiger partial charge on any atom is 0.329 e. The Morgan fingerprint density at radius 1 is 1.27 bits per heavy atom. The summed E-state index contributed by atoms with van der Waals surface area (Å²) >= 11 is 1.27. The van der Waals surface area contributed by atoms with Gasteiger partial charge in [-0.3, -0.25) is 9.59 Å². The lowest BCUT2D eigenvalue weighted by Gasteiger charge is -2.32. The van der Waals surface area contributed by atoms with Crippen LogP contribution in [0.3, 0.4) is 0 Å². The molecule has 7 nitrogen and oxygen atoms in total. The molecule has 2 atom stereocenters. The summed E-state index contributed by atoms with van der Waals surface area (Å²) in [6, 6.07) is 4.70. The smallest absolute Gasteiger partial charge is 0.329 e. The van der Waals surface area contributed by atoms with Crippen LogP contribution < -0.4 is 10.6 Å². The van der Waals surface area contributed by atoms with Crippen molar-refractivity contribution in [3.63, 3.8) is 0 Å². The van der Waals surface area contributed by atoms with E-state index in [0.717, 1.165) is 19.3 Å². The fourth-order valence-corrected chi connectivity index (χ4v) is 3.45. The molecule has 2 amide bonds. The molecule has 1 aromatic rings.